The van der Waals surface area contributed by atoms with Crippen molar-refractivity contribution in [1.82, 2.24) is 0 Å². The maximum absolute atomic E-state index is 2.24. The quantitative estimate of drug-likeness (QED) is 0.307. The highest BCUT2D eigenvalue weighted by Gasteiger charge is 2.08. The van der Waals surface area contributed by atoms with Gasteiger partial charge in [-0.15, -0.1) is 0 Å². The molecule has 1 aromatic heterocycles. The number of fused-ring (bicyclic) bond motifs is 2. The molecule has 0 atom stereocenters. The van der Waals surface area contributed by atoms with Gasteiger partial charge in [-0.05, 0) is 18.2 Å². The van der Waals surface area contributed by atoms with Crippen molar-refractivity contribution in [3.8, 4) is 0 Å². The Morgan fingerprint density at radius 1 is 0.750 bits per heavy atom. The molecule has 0 aliphatic heterocycles. The molecule has 0 saturated carbocycles. The predicted octanol–water partition coefficient (Wildman–Crippen LogP) is -0.179. The fourth-order valence-corrected chi connectivity index (χ4v) is 2.13. The zero-order valence-electron chi connectivity index (χ0n) is 9.02. The van der Waals surface area contributed by atoms with Gasteiger partial charge in [0.2, 0.25) is 11.0 Å². The fraction of sp³-hybridized carbons (Fsp3) is 0.0714. The van der Waals surface area contributed by atoms with Crippen molar-refractivity contribution in [2.75, 3.05) is 0 Å². The van der Waals surface area contributed by atoms with Crippen LogP contribution in [0.5, 0.6) is 0 Å². The third-order valence-corrected chi connectivity index (χ3v) is 2.91. The van der Waals surface area contributed by atoms with Crippen molar-refractivity contribution >= 4 is 21.8 Å². The number of halogens is 1. The molecular formula is C14H12IN. The summed E-state index contributed by atoms with van der Waals surface area (Å²) in [6.45, 7) is 0. The molecule has 0 aliphatic rings. The molecule has 0 saturated heterocycles. The predicted molar refractivity (Wildman–Crippen MR) is 62.6 cm³/mol. The molecule has 0 bridgehead atoms. The smallest absolute Gasteiger partial charge is 0.212 e. The summed E-state index contributed by atoms with van der Waals surface area (Å²) in [5.74, 6) is 0. The Labute approximate surface area is 112 Å². The normalized spacial score (nSPS) is 10.3. The van der Waals surface area contributed by atoms with E-state index in [4.69, 9.17) is 0 Å². The van der Waals surface area contributed by atoms with Gasteiger partial charge < -0.3 is 24.0 Å². The van der Waals surface area contributed by atoms with Gasteiger partial charge in [0.1, 0.15) is 7.05 Å². The molecule has 0 amide bonds. The molecule has 0 unspecified atom stereocenters. The van der Waals surface area contributed by atoms with E-state index < -0.39 is 0 Å². The summed E-state index contributed by atoms with van der Waals surface area (Å²) < 4.78 is 2.24. The van der Waals surface area contributed by atoms with E-state index in [0.717, 1.165) is 0 Å². The Hall–Kier alpha value is -1.16. The van der Waals surface area contributed by atoms with Crippen molar-refractivity contribution in [2.45, 2.75) is 0 Å². The summed E-state index contributed by atoms with van der Waals surface area (Å²) in [5, 5.41) is 2.58. The fourth-order valence-electron chi connectivity index (χ4n) is 2.13. The third kappa shape index (κ3) is 1.67. The maximum Gasteiger partial charge on any atom is 0.212 e. The summed E-state index contributed by atoms with van der Waals surface area (Å²) in [4.78, 5) is 0. The first kappa shape index (κ1) is 11.3. The number of aromatic nitrogens is 1. The second-order valence-electron chi connectivity index (χ2n) is 3.82. The van der Waals surface area contributed by atoms with E-state index in [-0.39, 0.29) is 24.0 Å². The molecule has 2 heteroatoms. The number of rotatable bonds is 0. The molecule has 0 radical (unpaired) electrons. The molecule has 3 aromatic rings. The number of para-hydroxylation sites is 2. The first-order valence-electron chi connectivity index (χ1n) is 5.13. The Kier molecular flexibility index (Phi) is 3.10. The van der Waals surface area contributed by atoms with Gasteiger partial charge in [0.25, 0.3) is 0 Å². The van der Waals surface area contributed by atoms with Crippen LogP contribution in [0.4, 0.5) is 0 Å². The first-order valence-corrected chi connectivity index (χ1v) is 5.13. The molecular weight excluding hydrogens is 309 g/mol. The van der Waals surface area contributed by atoms with Crippen LogP contribution in [-0.4, -0.2) is 0 Å². The van der Waals surface area contributed by atoms with Crippen molar-refractivity contribution in [3.63, 3.8) is 0 Å². The summed E-state index contributed by atoms with van der Waals surface area (Å²) in [6.07, 6.45) is 0. The Bertz CT molecular complexity index is 592. The summed E-state index contributed by atoms with van der Waals surface area (Å²) in [6, 6.07) is 19.2. The van der Waals surface area contributed by atoms with Crippen LogP contribution in [0.1, 0.15) is 0 Å². The van der Waals surface area contributed by atoms with Gasteiger partial charge in [0.15, 0.2) is 0 Å². The van der Waals surface area contributed by atoms with E-state index in [2.05, 4.69) is 66.2 Å². The third-order valence-electron chi connectivity index (χ3n) is 2.91. The molecule has 0 spiro atoms. The minimum Gasteiger partial charge on any atom is -1.00 e. The summed E-state index contributed by atoms with van der Waals surface area (Å²) >= 11 is 0. The standard InChI is InChI=1S/C14H12N.HI/c1-15-13-8-4-2-6-11(13)10-12-7-3-5-9-14(12)15;/h2-10H,1H3;1H/q+1;/p-1. The van der Waals surface area contributed by atoms with Gasteiger partial charge in [-0.25, -0.2) is 0 Å². The Balaban J connectivity index is 0.000000963. The van der Waals surface area contributed by atoms with E-state index in [0.29, 0.717) is 0 Å². The van der Waals surface area contributed by atoms with Gasteiger partial charge in [-0.2, -0.15) is 4.57 Å². The average Bonchev–Trinajstić information content (AvgIpc) is 2.30. The molecule has 2 aromatic carbocycles. The zero-order chi connectivity index (χ0) is 10.3. The van der Waals surface area contributed by atoms with Crippen LogP contribution in [-0.2, 0) is 7.05 Å². The van der Waals surface area contributed by atoms with Gasteiger partial charge in [0.05, 0.1) is 0 Å². The van der Waals surface area contributed by atoms with Crippen LogP contribution in [0.3, 0.4) is 0 Å². The van der Waals surface area contributed by atoms with Gasteiger partial charge in [-0.3, -0.25) is 0 Å². The number of nitrogens with zero attached hydrogens (tertiary/aromatic N) is 1. The van der Waals surface area contributed by atoms with Gasteiger partial charge in [-0.1, -0.05) is 24.3 Å². The molecule has 0 fully saturated rings. The van der Waals surface area contributed by atoms with Crippen LogP contribution in [0.15, 0.2) is 54.6 Å². The minimum atomic E-state index is 0. The highest BCUT2D eigenvalue weighted by molar-refractivity contribution is 5.88. The van der Waals surface area contributed by atoms with Crippen molar-refractivity contribution in [1.29, 1.82) is 0 Å². The van der Waals surface area contributed by atoms with E-state index in [1.54, 1.807) is 0 Å². The second kappa shape index (κ2) is 4.37. The highest BCUT2D eigenvalue weighted by Crippen LogP contribution is 2.16. The molecule has 16 heavy (non-hydrogen) atoms. The maximum atomic E-state index is 2.24. The van der Waals surface area contributed by atoms with Crippen molar-refractivity contribution in [3.05, 3.63) is 54.6 Å². The van der Waals surface area contributed by atoms with Gasteiger partial charge >= 0.3 is 0 Å². The van der Waals surface area contributed by atoms with Crippen molar-refractivity contribution < 1.29 is 28.5 Å². The number of benzene rings is 2. The number of pyridine rings is 1. The van der Waals surface area contributed by atoms with E-state index in [1.807, 2.05) is 0 Å². The molecule has 1 nitrogen and oxygen atoms in total. The van der Waals surface area contributed by atoms with E-state index >= 15 is 0 Å². The lowest BCUT2D eigenvalue weighted by molar-refractivity contribution is -0.617. The number of aryl methyl sites for hydroxylation is 1. The lowest BCUT2D eigenvalue weighted by atomic mass is 10.1. The van der Waals surface area contributed by atoms with Crippen LogP contribution in [0, 0.1) is 0 Å². The van der Waals surface area contributed by atoms with Crippen LogP contribution in [0.25, 0.3) is 21.8 Å². The molecule has 80 valence electrons. The topological polar surface area (TPSA) is 3.88 Å². The summed E-state index contributed by atoms with van der Waals surface area (Å²) in [7, 11) is 2.12. The average molecular weight is 321 g/mol. The Morgan fingerprint density at radius 2 is 1.19 bits per heavy atom. The summed E-state index contributed by atoms with van der Waals surface area (Å²) in [5.41, 5.74) is 2.55. The van der Waals surface area contributed by atoms with Crippen LogP contribution in [0.2, 0.25) is 0 Å². The Morgan fingerprint density at radius 3 is 1.69 bits per heavy atom. The zero-order valence-corrected chi connectivity index (χ0v) is 11.2. The molecule has 0 N–H and O–H groups in total. The molecule has 1 heterocycles. The van der Waals surface area contributed by atoms with Crippen molar-refractivity contribution in [2.24, 2.45) is 7.05 Å². The van der Waals surface area contributed by atoms with E-state index in [9.17, 15) is 0 Å². The first-order chi connectivity index (χ1) is 7.36. The minimum absolute atomic E-state index is 0. The SMILES string of the molecule is C[n+]1c2ccccc2cc2ccccc21.[I-]. The van der Waals surface area contributed by atoms with Crippen LogP contribution < -0.4 is 28.5 Å². The molecule has 3 rings (SSSR count). The van der Waals surface area contributed by atoms with Crippen LogP contribution >= 0.6 is 0 Å². The number of hydrogen-bond donors (Lipinski definition) is 0. The lowest BCUT2D eigenvalue weighted by Gasteiger charge is -2.00. The lowest BCUT2D eigenvalue weighted by Crippen LogP contribution is -3.00. The number of hydrogen-bond acceptors (Lipinski definition) is 0. The monoisotopic (exact) mass is 321 g/mol. The second-order valence-corrected chi connectivity index (χ2v) is 3.82. The highest BCUT2D eigenvalue weighted by atomic mass is 127. The largest absolute Gasteiger partial charge is 1.00 e. The van der Waals surface area contributed by atoms with E-state index in [1.165, 1.54) is 21.8 Å². The molecule has 0 aliphatic carbocycles. The van der Waals surface area contributed by atoms with Gasteiger partial charge in [0, 0.05) is 22.9 Å².